The zero-order valence-electron chi connectivity index (χ0n) is 16.7. The van der Waals surface area contributed by atoms with Crippen molar-refractivity contribution in [2.75, 3.05) is 25.5 Å². The van der Waals surface area contributed by atoms with E-state index in [9.17, 15) is 18.0 Å². The van der Waals surface area contributed by atoms with Crippen LogP contribution in [0.4, 0.5) is 5.69 Å². The van der Waals surface area contributed by atoms with Gasteiger partial charge in [0.25, 0.3) is 10.0 Å². The number of para-hydroxylation sites is 1. The maximum Gasteiger partial charge on any atom is 0.340 e. The highest BCUT2D eigenvalue weighted by molar-refractivity contribution is 7.94. The fourth-order valence-electron chi connectivity index (χ4n) is 2.68. The van der Waals surface area contributed by atoms with Crippen molar-refractivity contribution in [1.82, 2.24) is 0 Å². The monoisotopic (exact) mass is 461 g/mol. The van der Waals surface area contributed by atoms with Crippen molar-refractivity contribution in [2.45, 2.75) is 4.21 Å². The standard InChI is InChI=1S/C21H19NO7S2/c1-27-14-9-10-19(28-2)16(12-14)18(23)13-29-21(24)15-6-3-4-7-17(15)22-31(25,26)20-8-5-11-30-20/h3-12,22H,13H2,1-2H3. The molecule has 0 atom stereocenters. The van der Waals surface area contributed by atoms with Crippen molar-refractivity contribution in [1.29, 1.82) is 0 Å². The second kappa shape index (κ2) is 9.63. The number of hydrogen-bond donors (Lipinski definition) is 1. The summed E-state index contributed by atoms with van der Waals surface area (Å²) in [5, 5.41) is 1.63. The lowest BCUT2D eigenvalue weighted by Crippen LogP contribution is -2.18. The Morgan fingerprint density at radius 1 is 0.968 bits per heavy atom. The Labute approximate surface area is 183 Å². The summed E-state index contributed by atoms with van der Waals surface area (Å²) in [6.45, 7) is -0.561. The maximum atomic E-state index is 12.6. The quantitative estimate of drug-likeness (QED) is 0.383. The van der Waals surface area contributed by atoms with Gasteiger partial charge in [0.2, 0.25) is 5.78 Å². The minimum atomic E-state index is -3.85. The number of hydrogen-bond acceptors (Lipinski definition) is 8. The molecule has 2 aromatic carbocycles. The highest BCUT2D eigenvalue weighted by Gasteiger charge is 2.21. The number of benzene rings is 2. The predicted octanol–water partition coefficient (Wildman–Crippen LogP) is 3.61. The summed E-state index contributed by atoms with van der Waals surface area (Å²) in [7, 11) is -0.974. The molecule has 1 heterocycles. The van der Waals surface area contributed by atoms with Crippen molar-refractivity contribution in [3.63, 3.8) is 0 Å². The molecule has 3 aromatic rings. The lowest BCUT2D eigenvalue weighted by molar-refractivity contribution is 0.0475. The van der Waals surface area contributed by atoms with E-state index in [1.165, 1.54) is 38.5 Å². The zero-order chi connectivity index (χ0) is 22.4. The number of anilines is 1. The molecule has 0 aliphatic rings. The Bertz CT molecular complexity index is 1190. The SMILES string of the molecule is COc1ccc(OC)c(C(=O)COC(=O)c2ccccc2NS(=O)(=O)c2cccs2)c1. The van der Waals surface area contributed by atoms with E-state index in [0.29, 0.717) is 11.5 Å². The summed E-state index contributed by atoms with van der Waals surface area (Å²) in [5.41, 5.74) is 0.224. The van der Waals surface area contributed by atoms with E-state index in [4.69, 9.17) is 14.2 Å². The van der Waals surface area contributed by atoms with Gasteiger partial charge < -0.3 is 14.2 Å². The van der Waals surface area contributed by atoms with E-state index in [0.717, 1.165) is 11.3 Å². The Morgan fingerprint density at radius 3 is 2.42 bits per heavy atom. The fraction of sp³-hybridized carbons (Fsp3) is 0.143. The molecule has 3 rings (SSSR count). The summed E-state index contributed by atoms with van der Waals surface area (Å²) in [4.78, 5) is 25.2. The van der Waals surface area contributed by atoms with Crippen molar-refractivity contribution >= 4 is 38.8 Å². The molecule has 0 saturated carbocycles. The van der Waals surface area contributed by atoms with Crippen LogP contribution in [0.15, 0.2) is 64.2 Å². The van der Waals surface area contributed by atoms with E-state index in [1.807, 2.05) is 0 Å². The molecule has 1 N–H and O–H groups in total. The first kappa shape index (κ1) is 22.3. The first-order valence-corrected chi connectivity index (χ1v) is 11.3. The normalized spacial score (nSPS) is 10.9. The van der Waals surface area contributed by atoms with Gasteiger partial charge in [-0.1, -0.05) is 18.2 Å². The number of Topliss-reactive ketones (excluding diaryl/α,β-unsaturated/α-hetero) is 1. The van der Waals surface area contributed by atoms with Gasteiger partial charge in [-0.25, -0.2) is 13.2 Å². The van der Waals surface area contributed by atoms with Crippen LogP contribution in [0.1, 0.15) is 20.7 Å². The third kappa shape index (κ3) is 5.22. The molecular weight excluding hydrogens is 442 g/mol. The second-order valence-electron chi connectivity index (χ2n) is 6.15. The molecule has 0 spiro atoms. The Kier molecular flexibility index (Phi) is 6.93. The van der Waals surface area contributed by atoms with Crippen molar-refractivity contribution < 1.29 is 32.2 Å². The summed E-state index contributed by atoms with van der Waals surface area (Å²) in [5.74, 6) is -0.588. The van der Waals surface area contributed by atoms with Gasteiger partial charge >= 0.3 is 5.97 Å². The lowest BCUT2D eigenvalue weighted by atomic mass is 10.1. The molecule has 31 heavy (non-hydrogen) atoms. The number of carbonyl (C=O) groups is 2. The largest absolute Gasteiger partial charge is 0.497 e. The van der Waals surface area contributed by atoms with Gasteiger partial charge in [-0.2, -0.15) is 0 Å². The number of rotatable bonds is 9. The number of thiophene rings is 1. The average Bonchev–Trinajstić information content (AvgIpc) is 3.33. The van der Waals surface area contributed by atoms with E-state index in [2.05, 4.69) is 4.72 Å². The topological polar surface area (TPSA) is 108 Å². The highest BCUT2D eigenvalue weighted by Crippen LogP contribution is 2.26. The van der Waals surface area contributed by atoms with Crippen LogP contribution in [0.2, 0.25) is 0 Å². The Morgan fingerprint density at radius 2 is 1.74 bits per heavy atom. The van der Waals surface area contributed by atoms with Gasteiger partial charge in [-0.05, 0) is 41.8 Å². The van der Waals surface area contributed by atoms with E-state index in [1.54, 1.807) is 35.7 Å². The van der Waals surface area contributed by atoms with Crippen molar-refractivity contribution in [2.24, 2.45) is 0 Å². The van der Waals surface area contributed by atoms with Gasteiger partial charge in [0.05, 0.1) is 31.0 Å². The van der Waals surface area contributed by atoms with Crippen LogP contribution in [-0.4, -0.2) is 41.0 Å². The van der Waals surface area contributed by atoms with E-state index >= 15 is 0 Å². The fourth-order valence-corrected chi connectivity index (χ4v) is 4.75. The minimum absolute atomic E-state index is 0.0203. The predicted molar refractivity (Wildman–Crippen MR) is 116 cm³/mol. The molecule has 0 amide bonds. The summed E-state index contributed by atoms with van der Waals surface area (Å²) in [6, 6.07) is 13.7. The molecule has 0 aliphatic carbocycles. The van der Waals surface area contributed by atoms with Crippen LogP contribution in [0, 0.1) is 0 Å². The van der Waals surface area contributed by atoms with Crippen LogP contribution < -0.4 is 14.2 Å². The number of nitrogens with one attached hydrogen (secondary N) is 1. The van der Waals surface area contributed by atoms with Gasteiger partial charge in [0.15, 0.2) is 6.61 Å². The molecule has 162 valence electrons. The molecule has 8 nitrogen and oxygen atoms in total. The molecule has 0 fully saturated rings. The maximum absolute atomic E-state index is 12.6. The number of ether oxygens (including phenoxy) is 3. The van der Waals surface area contributed by atoms with Crippen LogP contribution in [-0.2, 0) is 14.8 Å². The number of carbonyl (C=O) groups excluding carboxylic acids is 2. The van der Waals surface area contributed by atoms with Crippen LogP contribution in [0.25, 0.3) is 0 Å². The highest BCUT2D eigenvalue weighted by atomic mass is 32.2. The van der Waals surface area contributed by atoms with Gasteiger partial charge in [-0.15, -0.1) is 11.3 Å². The average molecular weight is 462 g/mol. The van der Waals surface area contributed by atoms with Gasteiger partial charge in [0, 0.05) is 0 Å². The third-order valence-corrected chi connectivity index (χ3v) is 6.96. The van der Waals surface area contributed by atoms with Gasteiger partial charge in [0.1, 0.15) is 15.7 Å². The number of esters is 1. The molecular formula is C21H19NO7S2. The molecule has 0 aliphatic heterocycles. The van der Waals surface area contributed by atoms with Crippen molar-refractivity contribution in [3.8, 4) is 11.5 Å². The molecule has 0 saturated heterocycles. The first-order chi connectivity index (χ1) is 14.9. The Hall–Kier alpha value is -3.37. The summed E-state index contributed by atoms with van der Waals surface area (Å²) < 4.78 is 42.9. The lowest BCUT2D eigenvalue weighted by Gasteiger charge is -2.12. The third-order valence-electron chi connectivity index (χ3n) is 4.19. The molecule has 1 aromatic heterocycles. The molecule has 0 unspecified atom stereocenters. The second-order valence-corrected chi connectivity index (χ2v) is 9.01. The van der Waals surface area contributed by atoms with Crippen LogP contribution >= 0.6 is 11.3 Å². The number of ketones is 1. The Balaban J connectivity index is 1.76. The van der Waals surface area contributed by atoms with Crippen molar-refractivity contribution in [3.05, 3.63) is 71.1 Å². The first-order valence-electron chi connectivity index (χ1n) is 8.93. The zero-order valence-corrected chi connectivity index (χ0v) is 18.3. The van der Waals surface area contributed by atoms with Crippen LogP contribution in [0.5, 0.6) is 11.5 Å². The van der Waals surface area contributed by atoms with E-state index < -0.39 is 28.4 Å². The summed E-state index contributed by atoms with van der Waals surface area (Å²) >= 11 is 1.05. The number of methoxy groups -OCH3 is 2. The minimum Gasteiger partial charge on any atom is -0.497 e. The smallest absolute Gasteiger partial charge is 0.340 e. The van der Waals surface area contributed by atoms with Crippen LogP contribution in [0.3, 0.4) is 0 Å². The summed E-state index contributed by atoms with van der Waals surface area (Å²) in [6.07, 6.45) is 0. The molecule has 0 bridgehead atoms. The van der Waals surface area contributed by atoms with E-state index in [-0.39, 0.29) is 21.0 Å². The number of sulfonamides is 1. The molecule has 10 heteroatoms. The van der Waals surface area contributed by atoms with Gasteiger partial charge in [-0.3, -0.25) is 9.52 Å². The molecule has 0 radical (unpaired) electrons.